The Kier molecular flexibility index (Phi) is 7.41. The summed E-state index contributed by atoms with van der Waals surface area (Å²) >= 11 is 0. The first-order chi connectivity index (χ1) is 16.7. The number of hydrogen-bond donors (Lipinski definition) is 1. The third kappa shape index (κ3) is 5.48. The minimum atomic E-state index is -3.63. The van der Waals surface area contributed by atoms with Crippen molar-refractivity contribution in [1.82, 2.24) is 9.21 Å². The molecule has 2 heterocycles. The predicted molar refractivity (Wildman–Crippen MR) is 131 cm³/mol. The molecule has 2 aromatic rings. The van der Waals surface area contributed by atoms with Gasteiger partial charge in [0.1, 0.15) is 5.75 Å². The van der Waals surface area contributed by atoms with Crippen LogP contribution in [0.5, 0.6) is 5.75 Å². The maximum Gasteiger partial charge on any atom is 0.267 e. The number of fused-ring (bicyclic) bond motifs is 1. The molecule has 0 aliphatic carbocycles. The fourth-order valence-electron chi connectivity index (χ4n) is 3.94. The third-order valence-corrected chi connectivity index (χ3v) is 7.83. The highest BCUT2D eigenvalue weighted by molar-refractivity contribution is 7.89. The van der Waals surface area contributed by atoms with Crippen LogP contribution in [0.2, 0.25) is 0 Å². The van der Waals surface area contributed by atoms with Crippen LogP contribution in [-0.2, 0) is 19.6 Å². The Morgan fingerprint density at radius 1 is 1.11 bits per heavy atom. The van der Waals surface area contributed by atoms with Gasteiger partial charge in [0.2, 0.25) is 10.0 Å². The van der Waals surface area contributed by atoms with Gasteiger partial charge in [0.15, 0.2) is 6.10 Å². The summed E-state index contributed by atoms with van der Waals surface area (Å²) in [6, 6.07) is 11.0. The molecule has 0 radical (unpaired) electrons. The minimum absolute atomic E-state index is 0.108. The molecule has 1 N–H and O–H groups in total. The van der Waals surface area contributed by atoms with E-state index in [0.717, 1.165) is 0 Å². The smallest absolute Gasteiger partial charge is 0.267 e. The molecule has 0 bridgehead atoms. The number of carbonyl (C=O) groups excluding carboxylic acids is 2. The van der Waals surface area contributed by atoms with Crippen LogP contribution < -0.4 is 15.0 Å². The molecule has 188 valence electrons. The first-order valence-electron chi connectivity index (χ1n) is 11.4. The molecule has 2 amide bonds. The Morgan fingerprint density at radius 3 is 2.46 bits per heavy atom. The molecular formula is C24H30N4O6S. The van der Waals surface area contributed by atoms with Gasteiger partial charge >= 0.3 is 0 Å². The summed E-state index contributed by atoms with van der Waals surface area (Å²) in [6.45, 7) is 4.27. The van der Waals surface area contributed by atoms with Gasteiger partial charge in [-0.05, 0) is 57.4 Å². The zero-order valence-electron chi connectivity index (χ0n) is 20.1. The quantitative estimate of drug-likeness (QED) is 0.613. The van der Waals surface area contributed by atoms with E-state index in [1.165, 1.54) is 28.6 Å². The fraction of sp³-hybridized carbons (Fsp3) is 0.417. The van der Waals surface area contributed by atoms with E-state index in [4.69, 9.17) is 9.47 Å². The Bertz CT molecular complexity index is 1190. The molecule has 0 aromatic heterocycles. The van der Waals surface area contributed by atoms with Gasteiger partial charge < -0.3 is 24.6 Å². The first-order valence-corrected chi connectivity index (χ1v) is 12.9. The SMILES string of the molecule is CC1Oc2cc(NC(=O)c3ccc(S(=O)(=O)N4CCOCC4)cc3)ccc2N(CCN(C)C)C1=O. The summed E-state index contributed by atoms with van der Waals surface area (Å²) in [5.41, 5.74) is 1.49. The Hall–Kier alpha value is -2.99. The highest BCUT2D eigenvalue weighted by Crippen LogP contribution is 2.36. The van der Waals surface area contributed by atoms with Crippen molar-refractivity contribution in [2.24, 2.45) is 0 Å². The molecule has 0 saturated carbocycles. The van der Waals surface area contributed by atoms with Crippen LogP contribution in [0, 0.1) is 0 Å². The molecular weight excluding hydrogens is 472 g/mol. The molecule has 1 atom stereocenters. The second-order valence-corrected chi connectivity index (χ2v) is 10.7. The number of benzene rings is 2. The summed E-state index contributed by atoms with van der Waals surface area (Å²) in [5, 5.41) is 2.81. The highest BCUT2D eigenvalue weighted by Gasteiger charge is 2.31. The van der Waals surface area contributed by atoms with Crippen molar-refractivity contribution in [3.8, 4) is 5.75 Å². The van der Waals surface area contributed by atoms with Crippen LogP contribution in [0.1, 0.15) is 17.3 Å². The standard InChI is InChI=1S/C24H30N4O6S/c1-17-24(30)28(11-10-26(2)3)21-9-6-19(16-22(21)34-17)25-23(29)18-4-7-20(8-5-18)35(31,32)27-12-14-33-15-13-27/h4-9,16-17H,10-15H2,1-3H3,(H,25,29). The number of anilines is 2. The molecule has 10 nitrogen and oxygen atoms in total. The number of carbonyl (C=O) groups is 2. The van der Waals surface area contributed by atoms with Gasteiger partial charge in [-0.15, -0.1) is 0 Å². The molecule has 2 aromatic carbocycles. The van der Waals surface area contributed by atoms with Gasteiger partial charge in [0.05, 0.1) is 23.8 Å². The van der Waals surface area contributed by atoms with Crippen molar-refractivity contribution >= 4 is 33.2 Å². The van der Waals surface area contributed by atoms with E-state index in [9.17, 15) is 18.0 Å². The molecule has 2 aliphatic rings. The lowest BCUT2D eigenvalue weighted by Crippen LogP contribution is -2.46. The molecule has 4 rings (SSSR count). The summed E-state index contributed by atoms with van der Waals surface area (Å²) in [6.07, 6.45) is -0.628. The topological polar surface area (TPSA) is 108 Å². The van der Waals surface area contributed by atoms with Crippen LogP contribution in [0.4, 0.5) is 11.4 Å². The average Bonchev–Trinajstić information content (AvgIpc) is 2.85. The van der Waals surface area contributed by atoms with E-state index in [1.807, 2.05) is 19.0 Å². The predicted octanol–water partition coefficient (Wildman–Crippen LogP) is 1.64. The van der Waals surface area contributed by atoms with Crippen LogP contribution in [0.25, 0.3) is 0 Å². The number of ether oxygens (including phenoxy) is 2. The largest absolute Gasteiger partial charge is 0.479 e. The highest BCUT2D eigenvalue weighted by atomic mass is 32.2. The second-order valence-electron chi connectivity index (χ2n) is 8.73. The van der Waals surface area contributed by atoms with E-state index < -0.39 is 16.1 Å². The Morgan fingerprint density at radius 2 is 1.80 bits per heavy atom. The van der Waals surface area contributed by atoms with E-state index in [2.05, 4.69) is 5.32 Å². The Labute approximate surface area is 205 Å². The van der Waals surface area contributed by atoms with Gasteiger partial charge in [-0.2, -0.15) is 4.31 Å². The van der Waals surface area contributed by atoms with Gasteiger partial charge in [0, 0.05) is 43.5 Å². The number of rotatable bonds is 7. The fourth-order valence-corrected chi connectivity index (χ4v) is 5.34. The number of nitrogens with one attached hydrogen (secondary N) is 1. The van der Waals surface area contributed by atoms with Crippen molar-refractivity contribution in [2.45, 2.75) is 17.9 Å². The van der Waals surface area contributed by atoms with Crippen molar-refractivity contribution < 1.29 is 27.5 Å². The lowest BCUT2D eigenvalue weighted by atomic mass is 10.1. The van der Waals surface area contributed by atoms with E-state index in [1.54, 1.807) is 30.0 Å². The number of amides is 2. The van der Waals surface area contributed by atoms with E-state index in [-0.39, 0.29) is 16.7 Å². The molecule has 1 unspecified atom stereocenters. The van der Waals surface area contributed by atoms with Crippen LogP contribution in [0.15, 0.2) is 47.4 Å². The van der Waals surface area contributed by atoms with Crippen molar-refractivity contribution in [2.75, 3.05) is 63.7 Å². The molecule has 0 spiro atoms. The number of sulfonamides is 1. The molecule has 1 fully saturated rings. The van der Waals surface area contributed by atoms with Crippen molar-refractivity contribution in [1.29, 1.82) is 0 Å². The summed E-state index contributed by atoms with van der Waals surface area (Å²) in [7, 11) is 0.257. The number of nitrogens with zero attached hydrogens (tertiary/aromatic N) is 3. The number of hydrogen-bond acceptors (Lipinski definition) is 7. The van der Waals surface area contributed by atoms with Gasteiger partial charge in [0.25, 0.3) is 11.8 Å². The monoisotopic (exact) mass is 502 g/mol. The number of likely N-dealkylation sites (N-methyl/N-ethyl adjacent to an activating group) is 1. The minimum Gasteiger partial charge on any atom is -0.479 e. The summed E-state index contributed by atoms with van der Waals surface area (Å²) in [4.78, 5) is 29.2. The van der Waals surface area contributed by atoms with Crippen molar-refractivity contribution in [3.63, 3.8) is 0 Å². The van der Waals surface area contributed by atoms with Gasteiger partial charge in [-0.25, -0.2) is 8.42 Å². The summed E-state index contributed by atoms with van der Waals surface area (Å²) in [5.74, 6) is 0.0218. The molecule has 35 heavy (non-hydrogen) atoms. The number of morpholine rings is 1. The second kappa shape index (κ2) is 10.3. The molecule has 2 aliphatic heterocycles. The summed E-state index contributed by atoms with van der Waals surface area (Å²) < 4.78 is 37.9. The molecule has 11 heteroatoms. The first kappa shape index (κ1) is 25.1. The van der Waals surface area contributed by atoms with Gasteiger partial charge in [-0.3, -0.25) is 9.59 Å². The van der Waals surface area contributed by atoms with Gasteiger partial charge in [-0.1, -0.05) is 0 Å². The lowest BCUT2D eigenvalue weighted by Gasteiger charge is -2.34. The normalized spacial score (nSPS) is 18.8. The maximum atomic E-state index is 12.8. The van der Waals surface area contributed by atoms with E-state index in [0.29, 0.717) is 62.1 Å². The Balaban J connectivity index is 1.47. The van der Waals surface area contributed by atoms with Crippen LogP contribution in [-0.4, -0.2) is 89.0 Å². The third-order valence-electron chi connectivity index (χ3n) is 5.92. The lowest BCUT2D eigenvalue weighted by molar-refractivity contribution is -0.125. The van der Waals surface area contributed by atoms with Crippen LogP contribution in [0.3, 0.4) is 0 Å². The zero-order chi connectivity index (χ0) is 25.2. The molecule has 1 saturated heterocycles. The van der Waals surface area contributed by atoms with Crippen molar-refractivity contribution in [3.05, 3.63) is 48.0 Å². The average molecular weight is 503 g/mol. The van der Waals surface area contributed by atoms with E-state index >= 15 is 0 Å². The maximum absolute atomic E-state index is 12.8. The van der Waals surface area contributed by atoms with Crippen LogP contribution >= 0.6 is 0 Å². The zero-order valence-corrected chi connectivity index (χ0v) is 20.9.